The van der Waals surface area contributed by atoms with E-state index in [-0.39, 0.29) is 6.03 Å². The Morgan fingerprint density at radius 2 is 2.00 bits per heavy atom. The number of hydrogen-bond donors (Lipinski definition) is 1. The van der Waals surface area contributed by atoms with Crippen molar-refractivity contribution < 1.29 is 9.53 Å². The Morgan fingerprint density at radius 1 is 1.20 bits per heavy atom. The Hall–Kier alpha value is -2.49. The van der Waals surface area contributed by atoms with E-state index in [2.05, 4.69) is 5.32 Å². The summed E-state index contributed by atoms with van der Waals surface area (Å²) in [5.41, 5.74) is 2.72. The lowest BCUT2D eigenvalue weighted by Crippen LogP contribution is -2.40. The van der Waals surface area contributed by atoms with Gasteiger partial charge in [0.15, 0.2) is 0 Å². The molecule has 0 aromatic heterocycles. The van der Waals surface area contributed by atoms with E-state index in [0.29, 0.717) is 13.2 Å². The molecular weight excluding hydrogens is 252 g/mol. The highest BCUT2D eigenvalue weighted by Crippen LogP contribution is 2.32. The van der Waals surface area contributed by atoms with E-state index in [4.69, 9.17) is 4.74 Å². The lowest BCUT2D eigenvalue weighted by molar-refractivity contribution is 0.250. The second-order valence-corrected chi connectivity index (χ2v) is 4.77. The average molecular weight is 268 g/mol. The quantitative estimate of drug-likeness (QED) is 0.861. The van der Waals surface area contributed by atoms with E-state index in [1.54, 1.807) is 4.90 Å². The van der Waals surface area contributed by atoms with Crippen molar-refractivity contribution in [3.05, 3.63) is 54.1 Å². The number of amides is 2. The highest BCUT2D eigenvalue weighted by molar-refractivity contribution is 6.03. The van der Waals surface area contributed by atoms with Crippen LogP contribution in [0.2, 0.25) is 0 Å². The highest BCUT2D eigenvalue weighted by atomic mass is 16.5. The molecule has 0 radical (unpaired) electrons. The maximum Gasteiger partial charge on any atom is 0.326 e. The first-order valence-electron chi connectivity index (χ1n) is 6.61. The molecule has 0 saturated heterocycles. The van der Waals surface area contributed by atoms with Gasteiger partial charge in [0.25, 0.3) is 0 Å². The smallest absolute Gasteiger partial charge is 0.326 e. The standard InChI is InChI=1S/C16H16N2O2/c1-12-7-8-15-14(11-12)18(9-10-20-15)16(19)17-13-5-3-2-4-6-13/h2-8,11H,9-10H2,1H3,(H,17,19). The topological polar surface area (TPSA) is 41.6 Å². The molecule has 2 amide bonds. The van der Waals surface area contributed by atoms with Crippen molar-refractivity contribution in [2.45, 2.75) is 6.92 Å². The van der Waals surface area contributed by atoms with Crippen LogP contribution in [0.4, 0.5) is 16.2 Å². The van der Waals surface area contributed by atoms with Crippen LogP contribution in [0.1, 0.15) is 5.56 Å². The van der Waals surface area contributed by atoms with Gasteiger partial charge in [0.1, 0.15) is 12.4 Å². The Bertz CT molecular complexity index is 626. The molecule has 1 heterocycles. The molecule has 20 heavy (non-hydrogen) atoms. The molecule has 0 atom stereocenters. The molecule has 0 saturated carbocycles. The summed E-state index contributed by atoms with van der Waals surface area (Å²) >= 11 is 0. The van der Waals surface area contributed by atoms with Crippen molar-refractivity contribution >= 4 is 17.4 Å². The number of para-hydroxylation sites is 1. The predicted octanol–water partition coefficient (Wildman–Crippen LogP) is 3.43. The maximum atomic E-state index is 12.4. The Kier molecular flexibility index (Phi) is 3.29. The van der Waals surface area contributed by atoms with Crippen LogP contribution in [0.25, 0.3) is 0 Å². The molecular formula is C16H16N2O2. The number of nitrogens with zero attached hydrogens (tertiary/aromatic N) is 1. The zero-order valence-electron chi connectivity index (χ0n) is 11.3. The molecule has 4 heteroatoms. The van der Waals surface area contributed by atoms with Crippen molar-refractivity contribution in [1.29, 1.82) is 0 Å². The summed E-state index contributed by atoms with van der Waals surface area (Å²) in [5.74, 6) is 0.755. The number of fused-ring (bicyclic) bond motifs is 1. The molecule has 0 unspecified atom stereocenters. The van der Waals surface area contributed by atoms with E-state index in [9.17, 15) is 4.79 Å². The van der Waals surface area contributed by atoms with Crippen molar-refractivity contribution in [1.82, 2.24) is 0 Å². The third-order valence-corrected chi connectivity index (χ3v) is 3.25. The lowest BCUT2D eigenvalue weighted by Gasteiger charge is -2.29. The fourth-order valence-electron chi connectivity index (χ4n) is 2.25. The summed E-state index contributed by atoms with van der Waals surface area (Å²) in [6, 6.07) is 15.2. The van der Waals surface area contributed by atoms with Crippen molar-refractivity contribution in [3.63, 3.8) is 0 Å². The van der Waals surface area contributed by atoms with E-state index >= 15 is 0 Å². The first-order chi connectivity index (χ1) is 9.74. The van der Waals surface area contributed by atoms with Crippen molar-refractivity contribution in [2.75, 3.05) is 23.4 Å². The summed E-state index contributed by atoms with van der Waals surface area (Å²) in [5, 5.41) is 2.90. The molecule has 0 aliphatic carbocycles. The highest BCUT2D eigenvalue weighted by Gasteiger charge is 2.23. The second-order valence-electron chi connectivity index (χ2n) is 4.77. The SMILES string of the molecule is Cc1ccc2c(c1)N(C(=O)Nc1ccccc1)CCO2. The van der Waals surface area contributed by atoms with Gasteiger partial charge in [-0.2, -0.15) is 0 Å². The zero-order valence-corrected chi connectivity index (χ0v) is 11.3. The molecule has 1 aliphatic heterocycles. The van der Waals surface area contributed by atoms with Crippen LogP contribution in [-0.2, 0) is 0 Å². The van der Waals surface area contributed by atoms with Gasteiger partial charge in [0.05, 0.1) is 12.2 Å². The molecule has 0 bridgehead atoms. The van der Waals surface area contributed by atoms with Gasteiger partial charge in [-0.05, 0) is 36.8 Å². The molecule has 102 valence electrons. The predicted molar refractivity (Wildman–Crippen MR) is 79.5 cm³/mol. The van der Waals surface area contributed by atoms with Crippen LogP contribution in [0, 0.1) is 6.92 Å². The van der Waals surface area contributed by atoms with E-state index in [0.717, 1.165) is 22.7 Å². The minimum Gasteiger partial charge on any atom is -0.490 e. The molecule has 2 aromatic rings. The number of hydrogen-bond acceptors (Lipinski definition) is 2. The third kappa shape index (κ3) is 2.45. The molecule has 3 rings (SSSR count). The van der Waals surface area contributed by atoms with Gasteiger partial charge < -0.3 is 10.1 Å². The fourth-order valence-corrected chi connectivity index (χ4v) is 2.25. The summed E-state index contributed by atoms with van der Waals surface area (Å²) < 4.78 is 5.59. The van der Waals surface area contributed by atoms with Crippen LogP contribution in [0.3, 0.4) is 0 Å². The fraction of sp³-hybridized carbons (Fsp3) is 0.188. The molecule has 1 aliphatic rings. The minimum atomic E-state index is -0.133. The van der Waals surface area contributed by atoms with Crippen LogP contribution in [-0.4, -0.2) is 19.2 Å². The zero-order chi connectivity index (χ0) is 13.9. The second kappa shape index (κ2) is 5.25. The van der Waals surface area contributed by atoms with Crippen molar-refractivity contribution in [3.8, 4) is 5.75 Å². The normalized spacial score (nSPS) is 13.3. The van der Waals surface area contributed by atoms with Crippen LogP contribution >= 0.6 is 0 Å². The van der Waals surface area contributed by atoms with Gasteiger partial charge in [0.2, 0.25) is 0 Å². The molecule has 0 spiro atoms. The Morgan fingerprint density at radius 3 is 2.80 bits per heavy atom. The first-order valence-corrected chi connectivity index (χ1v) is 6.61. The molecule has 4 nitrogen and oxygen atoms in total. The lowest BCUT2D eigenvalue weighted by atomic mass is 10.1. The summed E-state index contributed by atoms with van der Waals surface area (Å²) in [4.78, 5) is 14.1. The Labute approximate surface area is 118 Å². The van der Waals surface area contributed by atoms with Gasteiger partial charge in [-0.25, -0.2) is 4.79 Å². The van der Waals surface area contributed by atoms with E-state index < -0.39 is 0 Å². The summed E-state index contributed by atoms with van der Waals surface area (Å²) in [6.07, 6.45) is 0. The number of carbonyl (C=O) groups excluding carboxylic acids is 1. The van der Waals surface area contributed by atoms with E-state index in [1.165, 1.54) is 0 Å². The van der Waals surface area contributed by atoms with Crippen LogP contribution < -0.4 is 15.0 Å². The Balaban J connectivity index is 1.85. The number of anilines is 2. The number of benzene rings is 2. The molecule has 0 fully saturated rings. The number of ether oxygens (including phenoxy) is 1. The number of aryl methyl sites for hydroxylation is 1. The maximum absolute atomic E-state index is 12.4. The van der Waals surface area contributed by atoms with Gasteiger partial charge in [0, 0.05) is 5.69 Å². The monoisotopic (exact) mass is 268 g/mol. The van der Waals surface area contributed by atoms with Crippen LogP contribution in [0.5, 0.6) is 5.75 Å². The molecule has 2 aromatic carbocycles. The van der Waals surface area contributed by atoms with Crippen molar-refractivity contribution in [2.24, 2.45) is 0 Å². The molecule has 1 N–H and O–H groups in total. The average Bonchev–Trinajstić information content (AvgIpc) is 2.47. The van der Waals surface area contributed by atoms with Gasteiger partial charge >= 0.3 is 6.03 Å². The summed E-state index contributed by atoms with van der Waals surface area (Å²) in [6.45, 7) is 3.07. The third-order valence-electron chi connectivity index (χ3n) is 3.25. The number of carbonyl (C=O) groups is 1. The largest absolute Gasteiger partial charge is 0.490 e. The number of nitrogens with one attached hydrogen (secondary N) is 1. The van der Waals surface area contributed by atoms with Gasteiger partial charge in [-0.3, -0.25) is 4.90 Å². The van der Waals surface area contributed by atoms with Gasteiger partial charge in [-0.1, -0.05) is 24.3 Å². The number of rotatable bonds is 1. The number of urea groups is 1. The van der Waals surface area contributed by atoms with Crippen LogP contribution in [0.15, 0.2) is 48.5 Å². The first kappa shape index (κ1) is 12.5. The van der Waals surface area contributed by atoms with E-state index in [1.807, 2.05) is 55.5 Å². The summed E-state index contributed by atoms with van der Waals surface area (Å²) in [7, 11) is 0. The van der Waals surface area contributed by atoms with Gasteiger partial charge in [-0.15, -0.1) is 0 Å². The minimum absolute atomic E-state index is 0.133.